The summed E-state index contributed by atoms with van der Waals surface area (Å²) in [5, 5.41) is 5.36. The van der Waals surface area contributed by atoms with Gasteiger partial charge in [0.05, 0.1) is 0 Å². The van der Waals surface area contributed by atoms with Crippen LogP contribution in [0.25, 0.3) is 32.7 Å². The van der Waals surface area contributed by atoms with Gasteiger partial charge in [-0.25, -0.2) is 0 Å². The number of benzene rings is 4. The largest absolute Gasteiger partial charge is 1.00 e. The van der Waals surface area contributed by atoms with Gasteiger partial charge in [-0.05, 0) is 52.3 Å². The van der Waals surface area contributed by atoms with Crippen LogP contribution in [0.15, 0.2) is 120 Å². The quantitative estimate of drug-likeness (QED) is 0.156. The molecule has 49 heavy (non-hydrogen) atoms. The Morgan fingerprint density at radius 2 is 1.45 bits per heavy atom. The molecular formula is C44H49Cl2NSiZr-2. The molecule has 0 spiro atoms. The standard InChI is InChI=1S/C21H26N.C21H17.C2H6Si.2ClH.Zr/c1-14(2)16-12-17-11-15(3)22(20(17)13-16)19-9-7-18(8-10-19)21(4,5)6;1-14-12-20-15(2)10-11-19(21(20)13-14)18-9-5-7-16-6-3-4-8-17(16)18;1-3-2;;;/h7-11,13-15H,1-6H3;3-13H,1-2H3;1-2H3;2*1H;/q2*-1;;;;+2/p-2. The number of nitrogens with zero attached hydrogens (tertiary/aromatic N) is 1. The molecule has 1 aliphatic heterocycles. The summed E-state index contributed by atoms with van der Waals surface area (Å²) < 4.78 is 0. The average Bonchev–Trinajstić information content (AvgIpc) is 3.69. The zero-order chi connectivity index (χ0) is 34.0. The van der Waals surface area contributed by atoms with Crippen molar-refractivity contribution in [1.82, 2.24) is 0 Å². The van der Waals surface area contributed by atoms with Crippen molar-refractivity contribution in [2.24, 2.45) is 5.92 Å². The summed E-state index contributed by atoms with van der Waals surface area (Å²) in [7, 11) is 0. The van der Waals surface area contributed by atoms with Gasteiger partial charge in [-0.3, -0.25) is 0 Å². The molecule has 1 unspecified atom stereocenters. The van der Waals surface area contributed by atoms with E-state index in [1.807, 2.05) is 0 Å². The average molecular weight is 782 g/mol. The normalized spacial score (nSPS) is 14.8. The van der Waals surface area contributed by atoms with Crippen LogP contribution < -0.4 is 29.7 Å². The fraction of sp³-hybridized carbons (Fsp3) is 0.295. The van der Waals surface area contributed by atoms with E-state index in [0.29, 0.717) is 12.0 Å². The van der Waals surface area contributed by atoms with Gasteiger partial charge in [0.15, 0.2) is 0 Å². The smallest absolute Gasteiger partial charge is 0.0114 e. The molecule has 7 rings (SSSR count). The molecular weight excluding hydrogens is 733 g/mol. The summed E-state index contributed by atoms with van der Waals surface area (Å²) in [5.41, 5.74) is 12.3. The third kappa shape index (κ3) is 9.42. The van der Waals surface area contributed by atoms with Crippen molar-refractivity contribution in [2.75, 3.05) is 4.90 Å². The van der Waals surface area contributed by atoms with Crippen LogP contribution in [0.1, 0.15) is 58.2 Å². The Morgan fingerprint density at radius 3 is 2.08 bits per heavy atom. The van der Waals surface area contributed by atoms with E-state index >= 15 is 0 Å². The minimum Gasteiger partial charge on any atom is -1.00 e. The van der Waals surface area contributed by atoms with Crippen molar-refractivity contribution in [1.29, 1.82) is 0 Å². The van der Waals surface area contributed by atoms with Crippen LogP contribution in [-0.2, 0) is 28.8 Å². The molecule has 0 bridgehead atoms. The number of anilines is 1. The Morgan fingerprint density at radius 1 is 0.837 bits per heavy atom. The Balaban J connectivity index is 0.000000231. The van der Waals surface area contributed by atoms with Crippen molar-refractivity contribution >= 4 is 32.7 Å². The number of aryl methyl sites for hydroxylation is 2. The second-order valence-corrected chi connectivity index (χ2v) is 23.9. The van der Waals surface area contributed by atoms with Gasteiger partial charge >= 0.3 is 41.9 Å². The van der Waals surface area contributed by atoms with Crippen LogP contribution in [0.2, 0.25) is 13.1 Å². The van der Waals surface area contributed by atoms with E-state index < -0.39 is 0 Å². The van der Waals surface area contributed by atoms with E-state index in [0.717, 1.165) is 0 Å². The molecule has 0 amide bonds. The van der Waals surface area contributed by atoms with Crippen LogP contribution in [0.4, 0.5) is 5.69 Å². The van der Waals surface area contributed by atoms with E-state index in [-0.39, 0.29) is 35.7 Å². The summed E-state index contributed by atoms with van der Waals surface area (Å²) in [6, 6.07) is 33.7. The molecule has 0 radical (unpaired) electrons. The number of allylic oxidation sites excluding steroid dienone is 3. The van der Waals surface area contributed by atoms with Crippen molar-refractivity contribution in [3.63, 3.8) is 0 Å². The number of rotatable bonds is 3. The predicted octanol–water partition coefficient (Wildman–Crippen LogP) is 6.19. The fourth-order valence-electron chi connectivity index (χ4n) is 6.43. The predicted molar refractivity (Wildman–Crippen MR) is 204 cm³/mol. The van der Waals surface area contributed by atoms with Crippen LogP contribution in [0.3, 0.4) is 0 Å². The zero-order valence-electron chi connectivity index (χ0n) is 30.7. The SMILES string of the molecule is CC(C)C1=[C-]C2=CC(C)N(c3ccc(C(C)(C)C)cc3)C2=C1.C[Si](C)=[Zr+2].Cc1cc2c(-c3cccc4ccccc34)ccc(C)c2[cH-]1.[Cl-].[Cl-]. The number of hydrogen-bond donors (Lipinski definition) is 0. The molecule has 1 nitrogen and oxygen atoms in total. The summed E-state index contributed by atoms with van der Waals surface area (Å²) >= 11 is 1.74. The van der Waals surface area contributed by atoms with Crippen molar-refractivity contribution < 1.29 is 48.1 Å². The van der Waals surface area contributed by atoms with E-state index in [2.05, 4.69) is 183 Å². The number of halogens is 2. The van der Waals surface area contributed by atoms with Gasteiger partial charge < -0.3 is 29.7 Å². The monoisotopic (exact) mass is 779 g/mol. The summed E-state index contributed by atoms with van der Waals surface area (Å²) in [4.78, 5) is 2.42. The molecule has 0 saturated carbocycles. The van der Waals surface area contributed by atoms with Gasteiger partial charge in [0.2, 0.25) is 0 Å². The molecule has 5 aromatic carbocycles. The van der Waals surface area contributed by atoms with E-state index in [9.17, 15) is 0 Å². The maximum atomic E-state index is 3.56. The molecule has 0 saturated heterocycles. The molecule has 1 aliphatic carbocycles. The maximum Gasteiger partial charge on any atom is -0.0114 e. The van der Waals surface area contributed by atoms with Crippen molar-refractivity contribution in [2.45, 2.75) is 79.9 Å². The van der Waals surface area contributed by atoms with Gasteiger partial charge in [-0.2, -0.15) is 6.07 Å². The minimum absolute atomic E-state index is 0. The maximum absolute atomic E-state index is 3.56. The number of hydrogen-bond acceptors (Lipinski definition) is 1. The molecule has 5 heteroatoms. The first-order chi connectivity index (χ1) is 22.2. The van der Waals surface area contributed by atoms with Gasteiger partial charge in [-0.15, -0.1) is 63.4 Å². The van der Waals surface area contributed by atoms with Gasteiger partial charge in [-0.1, -0.05) is 120 Å². The van der Waals surface area contributed by atoms with Crippen LogP contribution in [-0.4, -0.2) is 11.5 Å². The second-order valence-electron chi connectivity index (χ2n) is 14.6. The zero-order valence-corrected chi connectivity index (χ0v) is 35.6. The van der Waals surface area contributed by atoms with Crippen LogP contribution >= 0.6 is 0 Å². The first-order valence-corrected chi connectivity index (χ1v) is 23.1. The first kappa shape index (κ1) is 40.9. The van der Waals surface area contributed by atoms with E-state index in [4.69, 9.17) is 0 Å². The Kier molecular flexibility index (Phi) is 14.3. The molecule has 0 N–H and O–H groups in total. The molecule has 0 aromatic heterocycles. The number of fused-ring (bicyclic) bond motifs is 3. The Labute approximate surface area is 323 Å². The molecule has 1 heterocycles. The molecule has 254 valence electrons. The first-order valence-electron chi connectivity index (χ1n) is 16.9. The Hall–Kier alpha value is -2.55. The summed E-state index contributed by atoms with van der Waals surface area (Å²) in [6.45, 7) is 22.5. The molecule has 5 aromatic rings. The van der Waals surface area contributed by atoms with Crippen LogP contribution in [0.5, 0.6) is 0 Å². The van der Waals surface area contributed by atoms with Gasteiger partial charge in [0.1, 0.15) is 0 Å². The summed E-state index contributed by atoms with van der Waals surface area (Å²) in [6.07, 6.45) is 8.18. The second kappa shape index (κ2) is 17.1. The third-order valence-corrected chi connectivity index (χ3v) is 8.88. The van der Waals surface area contributed by atoms with Gasteiger partial charge in [0.25, 0.3) is 0 Å². The minimum atomic E-state index is 0. The van der Waals surface area contributed by atoms with Crippen LogP contribution in [0, 0.1) is 25.8 Å². The topological polar surface area (TPSA) is 3.24 Å². The molecule has 0 fully saturated rings. The molecule has 1 atom stereocenters. The van der Waals surface area contributed by atoms with Crippen molar-refractivity contribution in [3.8, 4) is 11.1 Å². The third-order valence-electron chi connectivity index (χ3n) is 8.88. The fourth-order valence-corrected chi connectivity index (χ4v) is 6.43. The van der Waals surface area contributed by atoms with E-state index in [1.54, 1.807) is 23.3 Å². The van der Waals surface area contributed by atoms with Crippen molar-refractivity contribution in [3.05, 3.63) is 143 Å². The Bertz CT molecular complexity index is 2010. The molecule has 2 aliphatic rings. The summed E-state index contributed by atoms with van der Waals surface area (Å²) in [5.74, 6) is 0.527. The van der Waals surface area contributed by atoms with Gasteiger partial charge in [0, 0.05) is 11.7 Å². The van der Waals surface area contributed by atoms with E-state index in [1.165, 1.54) is 71.9 Å².